The van der Waals surface area contributed by atoms with Crippen LogP contribution in [0.4, 0.5) is 0 Å². The molecule has 0 aliphatic heterocycles. The van der Waals surface area contributed by atoms with E-state index in [2.05, 4.69) is 4.98 Å². The fourth-order valence-corrected chi connectivity index (χ4v) is 5.58. The predicted octanol–water partition coefficient (Wildman–Crippen LogP) is 2.12. The zero-order chi connectivity index (χ0) is 22.6. The van der Waals surface area contributed by atoms with Gasteiger partial charge in [0, 0.05) is 26.2 Å². The third kappa shape index (κ3) is 3.09. The highest BCUT2D eigenvalue weighted by atomic mass is 16.2. The van der Waals surface area contributed by atoms with Gasteiger partial charge in [-0.3, -0.25) is 27.9 Å². The van der Waals surface area contributed by atoms with Gasteiger partial charge in [-0.2, -0.15) is 0 Å². The van der Waals surface area contributed by atoms with E-state index in [0.717, 1.165) is 68.8 Å². The number of nitrogens with zero attached hydrogens (tertiary/aromatic N) is 5. The molecule has 2 aliphatic rings. The Bertz CT molecular complexity index is 1450. The summed E-state index contributed by atoms with van der Waals surface area (Å²) >= 11 is 0. The third-order valence-electron chi connectivity index (χ3n) is 7.38. The number of pyridine rings is 1. The average Bonchev–Trinajstić information content (AvgIpc) is 2.82. The molecule has 3 aromatic heterocycles. The molecule has 32 heavy (non-hydrogen) atoms. The Morgan fingerprint density at radius 1 is 0.656 bits per heavy atom. The minimum absolute atomic E-state index is 0.0392. The van der Waals surface area contributed by atoms with E-state index >= 15 is 0 Å². The van der Waals surface area contributed by atoms with E-state index in [1.165, 1.54) is 16.2 Å². The van der Waals surface area contributed by atoms with Gasteiger partial charge in [-0.15, -0.1) is 0 Å². The topological polar surface area (TPSA) is 101 Å². The lowest BCUT2D eigenvalue weighted by Gasteiger charge is -2.29. The monoisotopic (exact) mass is 439 g/mol. The van der Waals surface area contributed by atoms with Gasteiger partial charge in [0.25, 0.3) is 11.1 Å². The van der Waals surface area contributed by atoms with Crippen molar-refractivity contribution in [3.05, 3.63) is 47.7 Å². The molecule has 9 heteroatoms. The Hall–Kier alpha value is -2.97. The summed E-state index contributed by atoms with van der Waals surface area (Å²) in [5, 5.41) is 0.493. The molecule has 0 N–H and O–H groups in total. The molecule has 0 amide bonds. The van der Waals surface area contributed by atoms with E-state index in [4.69, 9.17) is 0 Å². The first-order valence-electron chi connectivity index (χ1n) is 11.7. The van der Waals surface area contributed by atoms with Crippen LogP contribution in [0.1, 0.15) is 76.3 Å². The lowest BCUT2D eigenvalue weighted by atomic mass is 9.94. The van der Waals surface area contributed by atoms with E-state index in [1.807, 2.05) is 0 Å². The Labute approximate surface area is 183 Å². The highest BCUT2D eigenvalue weighted by Crippen LogP contribution is 2.30. The van der Waals surface area contributed by atoms with Gasteiger partial charge in [-0.05, 0) is 31.7 Å². The normalized spacial score (nSPS) is 18.6. The van der Waals surface area contributed by atoms with Crippen molar-refractivity contribution in [2.75, 3.05) is 0 Å². The van der Waals surface area contributed by atoms with Crippen molar-refractivity contribution in [3.63, 3.8) is 0 Å². The quantitative estimate of drug-likeness (QED) is 0.570. The number of hydrogen-bond acceptors (Lipinski definition) is 5. The second kappa shape index (κ2) is 7.86. The fraction of sp³-hybridized carbons (Fsp3) is 0.609. The first-order valence-corrected chi connectivity index (χ1v) is 11.7. The molecular formula is C23H29N5O4. The van der Waals surface area contributed by atoms with E-state index in [-0.39, 0.29) is 45.4 Å². The predicted molar refractivity (Wildman–Crippen MR) is 122 cm³/mol. The molecule has 9 nitrogen and oxygen atoms in total. The second-order valence-corrected chi connectivity index (χ2v) is 9.35. The molecular weight excluding hydrogens is 410 g/mol. The van der Waals surface area contributed by atoms with Crippen LogP contribution in [0.15, 0.2) is 25.2 Å². The van der Waals surface area contributed by atoms with Crippen molar-refractivity contribution < 1.29 is 0 Å². The van der Waals surface area contributed by atoms with Gasteiger partial charge in [0.05, 0.1) is 10.8 Å². The molecule has 0 radical (unpaired) electrons. The highest BCUT2D eigenvalue weighted by Gasteiger charge is 2.27. The molecule has 0 spiro atoms. The maximum atomic E-state index is 13.8. The van der Waals surface area contributed by atoms with Gasteiger partial charge in [0.15, 0.2) is 11.3 Å². The Balaban J connectivity index is 1.92. The van der Waals surface area contributed by atoms with Gasteiger partial charge in [0.2, 0.25) is 0 Å². The van der Waals surface area contributed by atoms with Gasteiger partial charge in [0.1, 0.15) is 0 Å². The number of aromatic nitrogens is 5. The van der Waals surface area contributed by atoms with E-state index < -0.39 is 11.2 Å². The molecule has 5 rings (SSSR count). The first-order chi connectivity index (χ1) is 15.4. The van der Waals surface area contributed by atoms with Gasteiger partial charge < -0.3 is 0 Å². The zero-order valence-corrected chi connectivity index (χ0v) is 18.7. The van der Waals surface area contributed by atoms with Gasteiger partial charge in [-0.1, -0.05) is 38.5 Å². The van der Waals surface area contributed by atoms with E-state index in [9.17, 15) is 19.2 Å². The second-order valence-electron chi connectivity index (χ2n) is 9.35. The van der Waals surface area contributed by atoms with Crippen LogP contribution in [0, 0.1) is 0 Å². The first kappa shape index (κ1) is 20.9. The van der Waals surface area contributed by atoms with Crippen molar-refractivity contribution >= 4 is 22.1 Å². The number of hydrogen-bond donors (Lipinski definition) is 0. The Morgan fingerprint density at radius 2 is 1.19 bits per heavy atom. The van der Waals surface area contributed by atoms with Crippen LogP contribution in [0.5, 0.6) is 0 Å². The Morgan fingerprint density at radius 3 is 1.78 bits per heavy atom. The summed E-state index contributed by atoms with van der Waals surface area (Å²) in [5.41, 5.74) is -1.18. The van der Waals surface area contributed by atoms with Crippen molar-refractivity contribution in [2.45, 2.75) is 76.3 Å². The molecule has 0 bridgehead atoms. The maximum absolute atomic E-state index is 13.8. The summed E-state index contributed by atoms with van der Waals surface area (Å²) in [6, 6.07) is 1.38. The van der Waals surface area contributed by atoms with E-state index in [1.54, 1.807) is 17.7 Å². The SMILES string of the molecule is Cn1c(=O)c2cc3c(=O)n(C4CCCCC4)c(=O)n(C4CCCCC4)c3nc2n(C)c1=O. The minimum atomic E-state index is -0.489. The van der Waals surface area contributed by atoms with Crippen molar-refractivity contribution in [1.82, 2.24) is 23.3 Å². The van der Waals surface area contributed by atoms with Gasteiger partial charge >= 0.3 is 11.4 Å². The van der Waals surface area contributed by atoms with Crippen LogP contribution in [0.25, 0.3) is 22.1 Å². The largest absolute Gasteiger partial charge is 0.333 e. The van der Waals surface area contributed by atoms with Crippen LogP contribution < -0.4 is 22.5 Å². The summed E-state index contributed by atoms with van der Waals surface area (Å²) in [6.45, 7) is 0. The number of fused-ring (bicyclic) bond motifs is 2. The molecule has 0 aromatic carbocycles. The average molecular weight is 440 g/mol. The van der Waals surface area contributed by atoms with Crippen molar-refractivity contribution in [2.24, 2.45) is 14.1 Å². The summed E-state index contributed by atoms with van der Waals surface area (Å²) in [6.07, 6.45) is 9.61. The third-order valence-corrected chi connectivity index (χ3v) is 7.38. The lowest BCUT2D eigenvalue weighted by molar-refractivity contribution is 0.306. The molecule has 3 aromatic rings. The molecule has 3 heterocycles. The standard InChI is InChI=1S/C23H29N5O4/c1-25-18-16(20(29)26(2)22(25)31)13-17-19(24-18)27(14-9-5-3-6-10-14)23(32)28(21(17)30)15-11-7-4-8-12-15/h13-15H,3-12H2,1-2H3. The highest BCUT2D eigenvalue weighted by molar-refractivity contribution is 5.88. The number of rotatable bonds is 2. The van der Waals surface area contributed by atoms with Gasteiger partial charge in [-0.25, -0.2) is 14.6 Å². The van der Waals surface area contributed by atoms with Crippen LogP contribution in [0.2, 0.25) is 0 Å². The lowest BCUT2D eigenvalue weighted by Crippen LogP contribution is -2.45. The molecule has 170 valence electrons. The summed E-state index contributed by atoms with van der Waals surface area (Å²) < 4.78 is 5.44. The summed E-state index contributed by atoms with van der Waals surface area (Å²) in [7, 11) is 2.97. The molecule has 0 unspecified atom stereocenters. The Kier molecular flexibility index (Phi) is 5.14. The summed E-state index contributed by atoms with van der Waals surface area (Å²) in [4.78, 5) is 57.3. The number of aryl methyl sites for hydroxylation is 1. The van der Waals surface area contributed by atoms with Crippen LogP contribution in [-0.4, -0.2) is 23.3 Å². The van der Waals surface area contributed by atoms with Crippen LogP contribution in [0.3, 0.4) is 0 Å². The van der Waals surface area contributed by atoms with E-state index in [0.29, 0.717) is 0 Å². The van der Waals surface area contributed by atoms with Crippen molar-refractivity contribution in [1.29, 1.82) is 0 Å². The van der Waals surface area contributed by atoms with Crippen molar-refractivity contribution in [3.8, 4) is 0 Å². The molecule has 2 fully saturated rings. The maximum Gasteiger partial charge on any atom is 0.333 e. The minimum Gasteiger partial charge on any atom is -0.280 e. The zero-order valence-electron chi connectivity index (χ0n) is 18.7. The molecule has 0 atom stereocenters. The smallest absolute Gasteiger partial charge is 0.280 e. The molecule has 0 saturated heterocycles. The van der Waals surface area contributed by atoms with Crippen LogP contribution >= 0.6 is 0 Å². The molecule has 2 saturated carbocycles. The molecule has 2 aliphatic carbocycles. The van der Waals surface area contributed by atoms with Crippen LogP contribution in [-0.2, 0) is 14.1 Å². The fourth-order valence-electron chi connectivity index (χ4n) is 5.58. The summed E-state index contributed by atoms with van der Waals surface area (Å²) in [5.74, 6) is 0.